The maximum Gasteiger partial charge on any atom is 0.303 e. The Labute approximate surface area is 183 Å². The molecule has 2 rings (SSSR count). The molecule has 11 nitrogen and oxygen atoms in total. The van der Waals surface area contributed by atoms with Crippen LogP contribution in [0, 0.1) is 0 Å². The number of hydrogen-bond acceptors (Lipinski definition) is 10. The minimum Gasteiger partial charge on any atom is -0.463 e. The standard InChI is InChI=1S/C20H25FN2O9/c1-10(24)28-9-15-18(29-11(2)25)19(30-12(3)26)17(21)20(32-15)31-14-6-4-13(5-7-14)23-16(27)8-22/h4-7,15,17-20H,8-9,22H2,1-3H3,(H,23,27)/t15-,17-,18-,19-,20-/m1/s1. The van der Waals surface area contributed by atoms with Gasteiger partial charge in [0.05, 0.1) is 6.54 Å². The molecule has 0 aliphatic carbocycles. The fourth-order valence-corrected chi connectivity index (χ4v) is 2.92. The summed E-state index contributed by atoms with van der Waals surface area (Å²) in [5.74, 6) is -2.46. The lowest BCUT2D eigenvalue weighted by molar-refractivity contribution is -0.271. The van der Waals surface area contributed by atoms with Crippen LogP contribution in [-0.2, 0) is 38.1 Å². The van der Waals surface area contributed by atoms with Gasteiger partial charge in [-0.25, -0.2) is 4.39 Å². The van der Waals surface area contributed by atoms with Gasteiger partial charge in [-0.15, -0.1) is 0 Å². The molecule has 176 valence electrons. The van der Waals surface area contributed by atoms with Gasteiger partial charge < -0.3 is 34.7 Å². The van der Waals surface area contributed by atoms with Crippen LogP contribution in [0.4, 0.5) is 10.1 Å². The number of rotatable bonds is 8. The summed E-state index contributed by atoms with van der Waals surface area (Å²) < 4.78 is 41.4. The molecule has 0 radical (unpaired) electrons. The molecule has 0 spiro atoms. The average Bonchev–Trinajstić information content (AvgIpc) is 2.72. The van der Waals surface area contributed by atoms with Gasteiger partial charge in [-0.1, -0.05) is 0 Å². The van der Waals surface area contributed by atoms with Crippen molar-refractivity contribution < 1.29 is 47.3 Å². The molecule has 1 saturated heterocycles. The number of carbonyl (C=O) groups excluding carboxylic acids is 4. The van der Waals surface area contributed by atoms with E-state index in [1.807, 2.05) is 0 Å². The third-order valence-corrected chi connectivity index (χ3v) is 4.20. The Morgan fingerprint density at radius 1 is 1.00 bits per heavy atom. The summed E-state index contributed by atoms with van der Waals surface area (Å²) in [5, 5.41) is 2.54. The number of esters is 3. The number of carbonyl (C=O) groups is 4. The van der Waals surface area contributed by atoms with E-state index >= 15 is 4.39 Å². The number of benzene rings is 1. The maximum absolute atomic E-state index is 15.2. The molecule has 32 heavy (non-hydrogen) atoms. The van der Waals surface area contributed by atoms with E-state index in [4.69, 9.17) is 29.4 Å². The highest BCUT2D eigenvalue weighted by atomic mass is 19.1. The molecule has 1 aliphatic rings. The molecule has 5 atom stereocenters. The van der Waals surface area contributed by atoms with E-state index in [9.17, 15) is 19.2 Å². The van der Waals surface area contributed by atoms with Gasteiger partial charge >= 0.3 is 17.9 Å². The first-order valence-electron chi connectivity index (χ1n) is 9.64. The third-order valence-electron chi connectivity index (χ3n) is 4.20. The Balaban J connectivity index is 2.23. The molecule has 1 aromatic rings. The van der Waals surface area contributed by atoms with E-state index in [0.29, 0.717) is 5.69 Å². The van der Waals surface area contributed by atoms with Gasteiger partial charge in [0, 0.05) is 26.5 Å². The fourth-order valence-electron chi connectivity index (χ4n) is 2.92. The number of amides is 1. The molecule has 0 aromatic heterocycles. The molecule has 3 N–H and O–H groups in total. The van der Waals surface area contributed by atoms with Crippen molar-refractivity contribution in [1.82, 2.24) is 0 Å². The van der Waals surface area contributed by atoms with Crippen molar-refractivity contribution >= 4 is 29.5 Å². The minimum atomic E-state index is -2.05. The lowest BCUT2D eigenvalue weighted by atomic mass is 9.99. The summed E-state index contributed by atoms with van der Waals surface area (Å²) in [6, 6.07) is 5.89. The number of ether oxygens (including phenoxy) is 5. The van der Waals surface area contributed by atoms with Gasteiger partial charge in [0.15, 0.2) is 12.2 Å². The van der Waals surface area contributed by atoms with Crippen molar-refractivity contribution in [2.75, 3.05) is 18.5 Å². The monoisotopic (exact) mass is 456 g/mol. The van der Waals surface area contributed by atoms with E-state index in [0.717, 1.165) is 20.8 Å². The van der Waals surface area contributed by atoms with Crippen molar-refractivity contribution in [3.8, 4) is 5.75 Å². The van der Waals surface area contributed by atoms with Crippen molar-refractivity contribution in [1.29, 1.82) is 0 Å². The number of nitrogens with one attached hydrogen (secondary N) is 1. The quantitative estimate of drug-likeness (QED) is 0.416. The summed E-state index contributed by atoms with van der Waals surface area (Å²) in [6.45, 7) is 2.72. The Morgan fingerprint density at radius 3 is 2.12 bits per heavy atom. The molecule has 1 fully saturated rings. The van der Waals surface area contributed by atoms with Gasteiger partial charge in [0.25, 0.3) is 0 Å². The van der Waals surface area contributed by atoms with Crippen molar-refractivity contribution in [2.45, 2.75) is 51.5 Å². The summed E-state index contributed by atoms with van der Waals surface area (Å²) in [5.41, 5.74) is 5.68. The van der Waals surface area contributed by atoms with Crippen LogP contribution in [-0.4, -0.2) is 67.7 Å². The molecular weight excluding hydrogens is 431 g/mol. The zero-order valence-electron chi connectivity index (χ0n) is 17.7. The predicted octanol–water partition coefficient (Wildman–Crippen LogP) is 0.452. The molecular formula is C20H25FN2O9. The van der Waals surface area contributed by atoms with Crippen LogP contribution in [0.1, 0.15) is 20.8 Å². The van der Waals surface area contributed by atoms with E-state index in [2.05, 4.69) is 5.32 Å². The highest BCUT2D eigenvalue weighted by molar-refractivity contribution is 5.92. The molecule has 1 aliphatic heterocycles. The smallest absolute Gasteiger partial charge is 0.303 e. The molecule has 1 amide bonds. The zero-order valence-corrected chi connectivity index (χ0v) is 17.7. The zero-order chi connectivity index (χ0) is 23.8. The first-order valence-corrected chi connectivity index (χ1v) is 9.64. The summed E-state index contributed by atoms with van der Waals surface area (Å²) >= 11 is 0. The Kier molecular flexibility index (Phi) is 8.91. The molecule has 1 aromatic carbocycles. The summed E-state index contributed by atoms with van der Waals surface area (Å²) in [4.78, 5) is 45.6. The Morgan fingerprint density at radius 2 is 1.59 bits per heavy atom. The van der Waals surface area contributed by atoms with Crippen LogP contribution in [0.15, 0.2) is 24.3 Å². The van der Waals surface area contributed by atoms with Crippen LogP contribution in [0.25, 0.3) is 0 Å². The number of alkyl halides is 1. The number of nitrogens with two attached hydrogens (primary N) is 1. The fraction of sp³-hybridized carbons (Fsp3) is 0.500. The maximum atomic E-state index is 15.2. The number of halogens is 1. The van der Waals surface area contributed by atoms with E-state index in [-0.39, 0.29) is 12.3 Å². The SMILES string of the molecule is CC(=O)OC[C@H]1O[C@@H](Oc2ccc(NC(=O)CN)cc2)[C@H](F)[C@@H](OC(C)=O)[C@@H]1OC(C)=O. The second kappa shape index (κ2) is 11.4. The molecule has 0 unspecified atom stereocenters. The average molecular weight is 456 g/mol. The van der Waals surface area contributed by atoms with Gasteiger partial charge in [-0.3, -0.25) is 19.2 Å². The highest BCUT2D eigenvalue weighted by Crippen LogP contribution is 2.31. The van der Waals surface area contributed by atoms with Gasteiger partial charge in [-0.05, 0) is 24.3 Å². The van der Waals surface area contributed by atoms with E-state index < -0.39 is 61.2 Å². The third kappa shape index (κ3) is 7.17. The predicted molar refractivity (Wildman–Crippen MR) is 106 cm³/mol. The van der Waals surface area contributed by atoms with Crippen LogP contribution in [0.5, 0.6) is 5.75 Å². The van der Waals surface area contributed by atoms with Gasteiger partial charge in [0.2, 0.25) is 18.4 Å². The molecule has 1 heterocycles. The largest absolute Gasteiger partial charge is 0.463 e. The highest BCUT2D eigenvalue weighted by Gasteiger charge is 2.52. The lowest BCUT2D eigenvalue weighted by Crippen LogP contribution is -2.61. The topological polar surface area (TPSA) is 152 Å². The van der Waals surface area contributed by atoms with Crippen molar-refractivity contribution in [3.63, 3.8) is 0 Å². The van der Waals surface area contributed by atoms with Crippen LogP contribution >= 0.6 is 0 Å². The van der Waals surface area contributed by atoms with Crippen molar-refractivity contribution in [2.24, 2.45) is 5.73 Å². The lowest BCUT2D eigenvalue weighted by Gasteiger charge is -2.41. The van der Waals surface area contributed by atoms with Gasteiger partial charge in [0.1, 0.15) is 18.5 Å². The number of anilines is 1. The molecule has 0 saturated carbocycles. The minimum absolute atomic E-state index is 0.169. The van der Waals surface area contributed by atoms with E-state index in [1.165, 1.54) is 24.3 Å². The summed E-state index contributed by atoms with van der Waals surface area (Å²) in [6.07, 6.45) is -7.75. The first kappa shape index (κ1) is 25.0. The number of hydrogen-bond donors (Lipinski definition) is 2. The van der Waals surface area contributed by atoms with Crippen LogP contribution in [0.2, 0.25) is 0 Å². The first-order chi connectivity index (χ1) is 15.1. The second-order valence-electron chi connectivity index (χ2n) is 6.83. The van der Waals surface area contributed by atoms with Gasteiger partial charge in [-0.2, -0.15) is 0 Å². The second-order valence-corrected chi connectivity index (χ2v) is 6.83. The van der Waals surface area contributed by atoms with Crippen LogP contribution in [0.3, 0.4) is 0 Å². The molecule has 0 bridgehead atoms. The van der Waals surface area contributed by atoms with E-state index in [1.54, 1.807) is 0 Å². The Bertz CT molecular complexity index is 833. The molecule has 12 heteroatoms. The van der Waals surface area contributed by atoms with Crippen molar-refractivity contribution in [3.05, 3.63) is 24.3 Å². The van der Waals surface area contributed by atoms with Crippen LogP contribution < -0.4 is 15.8 Å². The normalized spacial score (nSPS) is 24.7. The summed E-state index contributed by atoms with van der Waals surface area (Å²) in [7, 11) is 0. The Hall–Kier alpha value is -3.25.